The number of nitrogens with one attached hydrogen (secondary N) is 1. The van der Waals surface area contributed by atoms with Gasteiger partial charge in [0.1, 0.15) is 0 Å². The van der Waals surface area contributed by atoms with Gasteiger partial charge in [0.15, 0.2) is 0 Å². The fourth-order valence-corrected chi connectivity index (χ4v) is 3.57. The van der Waals surface area contributed by atoms with E-state index in [1.165, 1.54) is 5.56 Å². The van der Waals surface area contributed by atoms with Crippen LogP contribution in [0.15, 0.2) is 60.7 Å². The molecule has 1 aliphatic rings. The molecule has 0 spiro atoms. The molecule has 3 rings (SSSR count). The summed E-state index contributed by atoms with van der Waals surface area (Å²) < 4.78 is 0. The zero-order valence-electron chi connectivity index (χ0n) is 15.9. The first-order valence-corrected chi connectivity index (χ1v) is 9.82. The molecule has 0 saturated carbocycles. The molecular weight excluding hydrogens is 336 g/mol. The van der Waals surface area contributed by atoms with Gasteiger partial charge in [-0.3, -0.25) is 9.59 Å². The zero-order valence-corrected chi connectivity index (χ0v) is 15.9. The second-order valence-corrected chi connectivity index (χ2v) is 7.37. The van der Waals surface area contributed by atoms with Gasteiger partial charge in [0.2, 0.25) is 5.91 Å². The van der Waals surface area contributed by atoms with Crippen molar-refractivity contribution in [2.24, 2.45) is 5.92 Å². The van der Waals surface area contributed by atoms with Crippen LogP contribution in [-0.4, -0.2) is 35.8 Å². The fraction of sp³-hybridized carbons (Fsp3) is 0.391. The standard InChI is InChI=1S/C23H28N2O2/c1-18(12-13-19-8-4-2-5-9-19)24-22(26)20-14-16-25(17-15-20)23(27)21-10-6-3-7-11-21/h2-11,18,20H,12-17H2,1H3,(H,24,26)/t18-/m1/s1. The monoisotopic (exact) mass is 364 g/mol. The van der Waals surface area contributed by atoms with E-state index in [1.807, 2.05) is 53.4 Å². The van der Waals surface area contributed by atoms with Gasteiger partial charge < -0.3 is 10.2 Å². The summed E-state index contributed by atoms with van der Waals surface area (Å²) in [5.74, 6) is 0.192. The van der Waals surface area contributed by atoms with Crippen LogP contribution in [0.2, 0.25) is 0 Å². The van der Waals surface area contributed by atoms with Crippen LogP contribution in [0, 0.1) is 5.92 Å². The van der Waals surface area contributed by atoms with E-state index in [2.05, 4.69) is 24.4 Å². The Morgan fingerprint density at radius 1 is 1.00 bits per heavy atom. The van der Waals surface area contributed by atoms with Gasteiger partial charge >= 0.3 is 0 Å². The summed E-state index contributed by atoms with van der Waals surface area (Å²) in [5, 5.41) is 3.15. The maximum absolute atomic E-state index is 12.6. The lowest BCUT2D eigenvalue weighted by Crippen LogP contribution is -2.44. The van der Waals surface area contributed by atoms with Crippen molar-refractivity contribution in [3.8, 4) is 0 Å². The van der Waals surface area contributed by atoms with Crippen molar-refractivity contribution in [2.75, 3.05) is 13.1 Å². The molecule has 27 heavy (non-hydrogen) atoms. The number of amides is 2. The van der Waals surface area contributed by atoms with E-state index in [4.69, 9.17) is 0 Å². The van der Waals surface area contributed by atoms with Crippen molar-refractivity contribution in [3.63, 3.8) is 0 Å². The highest BCUT2D eigenvalue weighted by molar-refractivity contribution is 5.94. The van der Waals surface area contributed by atoms with Crippen molar-refractivity contribution in [1.82, 2.24) is 10.2 Å². The number of piperidine rings is 1. The maximum Gasteiger partial charge on any atom is 0.253 e. The van der Waals surface area contributed by atoms with Crippen LogP contribution >= 0.6 is 0 Å². The van der Waals surface area contributed by atoms with E-state index in [-0.39, 0.29) is 23.8 Å². The number of hydrogen-bond acceptors (Lipinski definition) is 2. The average Bonchev–Trinajstić information content (AvgIpc) is 2.73. The molecule has 2 aromatic carbocycles. The Labute approximate surface area is 161 Å². The number of carbonyl (C=O) groups is 2. The predicted octanol–water partition coefficient (Wildman–Crippen LogP) is 3.68. The molecule has 0 aliphatic carbocycles. The summed E-state index contributed by atoms with van der Waals surface area (Å²) in [6.45, 7) is 3.35. The molecule has 2 aromatic rings. The summed E-state index contributed by atoms with van der Waals surface area (Å²) in [6, 6.07) is 19.9. The molecule has 0 unspecified atom stereocenters. The Bertz CT molecular complexity index is 737. The smallest absolute Gasteiger partial charge is 0.253 e. The molecule has 1 N–H and O–H groups in total. The maximum atomic E-state index is 12.6. The molecule has 0 radical (unpaired) electrons. The van der Waals surface area contributed by atoms with Crippen molar-refractivity contribution in [1.29, 1.82) is 0 Å². The number of rotatable bonds is 6. The van der Waals surface area contributed by atoms with Crippen LogP contribution in [0.5, 0.6) is 0 Å². The number of aryl methyl sites for hydroxylation is 1. The van der Waals surface area contributed by atoms with Gasteiger partial charge in [-0.25, -0.2) is 0 Å². The predicted molar refractivity (Wildman–Crippen MR) is 107 cm³/mol. The molecule has 1 atom stereocenters. The van der Waals surface area contributed by atoms with Gasteiger partial charge in [-0.05, 0) is 50.3 Å². The fourth-order valence-electron chi connectivity index (χ4n) is 3.57. The molecule has 2 amide bonds. The molecule has 1 aliphatic heterocycles. The van der Waals surface area contributed by atoms with Crippen LogP contribution < -0.4 is 5.32 Å². The Balaban J connectivity index is 1.42. The molecule has 1 saturated heterocycles. The quantitative estimate of drug-likeness (QED) is 0.850. The van der Waals surface area contributed by atoms with Crippen LogP contribution in [0.3, 0.4) is 0 Å². The molecule has 4 nitrogen and oxygen atoms in total. The van der Waals surface area contributed by atoms with E-state index >= 15 is 0 Å². The second kappa shape index (κ2) is 9.36. The first kappa shape index (κ1) is 19.2. The normalized spacial score (nSPS) is 16.0. The minimum absolute atomic E-state index is 0.00370. The molecule has 4 heteroatoms. The van der Waals surface area contributed by atoms with Crippen molar-refractivity contribution in [3.05, 3.63) is 71.8 Å². The van der Waals surface area contributed by atoms with Crippen LogP contribution in [0.25, 0.3) is 0 Å². The minimum Gasteiger partial charge on any atom is -0.353 e. The molecule has 1 heterocycles. The highest BCUT2D eigenvalue weighted by atomic mass is 16.2. The van der Waals surface area contributed by atoms with E-state index < -0.39 is 0 Å². The second-order valence-electron chi connectivity index (χ2n) is 7.37. The molecule has 0 aromatic heterocycles. The lowest BCUT2D eigenvalue weighted by Gasteiger charge is -2.32. The lowest BCUT2D eigenvalue weighted by atomic mass is 9.94. The number of nitrogens with zero attached hydrogens (tertiary/aromatic N) is 1. The summed E-state index contributed by atoms with van der Waals surface area (Å²) in [5.41, 5.74) is 2.02. The Hall–Kier alpha value is -2.62. The average molecular weight is 364 g/mol. The van der Waals surface area contributed by atoms with Crippen LogP contribution in [0.4, 0.5) is 0 Å². The molecule has 0 bridgehead atoms. The third kappa shape index (κ3) is 5.43. The van der Waals surface area contributed by atoms with Gasteiger partial charge in [0.05, 0.1) is 0 Å². The first-order chi connectivity index (χ1) is 13.1. The number of carbonyl (C=O) groups excluding carboxylic acids is 2. The zero-order chi connectivity index (χ0) is 19.1. The number of likely N-dealkylation sites (tertiary alicyclic amines) is 1. The Kier molecular flexibility index (Phi) is 6.64. The van der Waals surface area contributed by atoms with E-state index in [9.17, 15) is 9.59 Å². The van der Waals surface area contributed by atoms with Crippen molar-refractivity contribution in [2.45, 2.75) is 38.6 Å². The first-order valence-electron chi connectivity index (χ1n) is 9.82. The van der Waals surface area contributed by atoms with Crippen LogP contribution in [0.1, 0.15) is 42.1 Å². The van der Waals surface area contributed by atoms with E-state index in [0.717, 1.165) is 31.2 Å². The van der Waals surface area contributed by atoms with Gasteiger partial charge in [0.25, 0.3) is 5.91 Å². The minimum atomic E-state index is 0.00370. The van der Waals surface area contributed by atoms with E-state index in [0.29, 0.717) is 13.1 Å². The highest BCUT2D eigenvalue weighted by Gasteiger charge is 2.28. The summed E-state index contributed by atoms with van der Waals surface area (Å²) in [6.07, 6.45) is 3.36. The van der Waals surface area contributed by atoms with Crippen molar-refractivity contribution < 1.29 is 9.59 Å². The third-order valence-electron chi connectivity index (χ3n) is 5.27. The Morgan fingerprint density at radius 2 is 1.59 bits per heavy atom. The number of hydrogen-bond donors (Lipinski definition) is 1. The van der Waals surface area contributed by atoms with Crippen molar-refractivity contribution >= 4 is 11.8 Å². The van der Waals surface area contributed by atoms with Gasteiger partial charge in [-0.1, -0.05) is 48.5 Å². The highest BCUT2D eigenvalue weighted by Crippen LogP contribution is 2.20. The summed E-state index contributed by atoms with van der Waals surface area (Å²) >= 11 is 0. The SMILES string of the molecule is C[C@H](CCc1ccccc1)NC(=O)C1CCN(C(=O)c2ccccc2)CC1. The summed E-state index contributed by atoms with van der Waals surface area (Å²) in [4.78, 5) is 26.9. The summed E-state index contributed by atoms with van der Waals surface area (Å²) in [7, 11) is 0. The lowest BCUT2D eigenvalue weighted by molar-refractivity contribution is -0.126. The number of benzene rings is 2. The van der Waals surface area contributed by atoms with Gasteiger partial charge in [0, 0.05) is 30.6 Å². The molecule has 1 fully saturated rings. The van der Waals surface area contributed by atoms with Crippen LogP contribution in [-0.2, 0) is 11.2 Å². The molecular formula is C23H28N2O2. The largest absolute Gasteiger partial charge is 0.353 e. The third-order valence-corrected chi connectivity index (χ3v) is 5.27. The van der Waals surface area contributed by atoms with Gasteiger partial charge in [-0.15, -0.1) is 0 Å². The topological polar surface area (TPSA) is 49.4 Å². The molecule has 142 valence electrons. The Morgan fingerprint density at radius 3 is 2.22 bits per heavy atom. The van der Waals surface area contributed by atoms with E-state index in [1.54, 1.807) is 0 Å². The van der Waals surface area contributed by atoms with Gasteiger partial charge in [-0.2, -0.15) is 0 Å².